The first-order chi connectivity index (χ1) is 9.74. The van der Waals surface area contributed by atoms with Gasteiger partial charge < -0.3 is 5.32 Å². The summed E-state index contributed by atoms with van der Waals surface area (Å²) in [4.78, 5) is 8.50. The molecule has 0 aromatic carbocycles. The summed E-state index contributed by atoms with van der Waals surface area (Å²) in [5.74, 6) is 1.88. The lowest BCUT2D eigenvalue weighted by Gasteiger charge is -2.29. The molecule has 1 aromatic rings. The largest absolute Gasteiger partial charge is 0.367 e. The van der Waals surface area contributed by atoms with E-state index in [9.17, 15) is 0 Å². The van der Waals surface area contributed by atoms with Crippen molar-refractivity contribution in [2.75, 3.05) is 5.32 Å². The maximum Gasteiger partial charge on any atom is 0.137 e. The van der Waals surface area contributed by atoms with Crippen molar-refractivity contribution in [3.8, 4) is 0 Å². The van der Waals surface area contributed by atoms with Crippen molar-refractivity contribution in [3.63, 3.8) is 0 Å². The van der Waals surface area contributed by atoms with Gasteiger partial charge in [-0.1, -0.05) is 44.7 Å². The van der Waals surface area contributed by atoms with Crippen LogP contribution < -0.4 is 5.32 Å². The maximum atomic E-state index is 6.20. The van der Waals surface area contributed by atoms with Crippen molar-refractivity contribution in [1.82, 2.24) is 9.97 Å². The second-order valence-corrected chi connectivity index (χ2v) is 6.25. The Hall–Kier alpha value is -0.830. The minimum atomic E-state index is 0.546. The normalized spacial score (nSPS) is 22.8. The molecular weight excluding hydrogens is 270 g/mol. The van der Waals surface area contributed by atoms with Crippen LogP contribution in [0.3, 0.4) is 0 Å². The Morgan fingerprint density at radius 2 is 1.90 bits per heavy atom. The van der Waals surface area contributed by atoms with Crippen molar-refractivity contribution < 1.29 is 0 Å². The standard InChI is InChI=1S/C16H26ClN3/c1-3-5-12-7-9-13(10-8-12)20-16-14(6-4-2)15(17)18-11-19-16/h11-13H,3-10H2,1-2H3,(H,18,19,20). The van der Waals surface area contributed by atoms with Crippen LogP contribution in [-0.4, -0.2) is 16.0 Å². The molecule has 0 saturated heterocycles. The van der Waals surface area contributed by atoms with Crippen LogP contribution in [-0.2, 0) is 6.42 Å². The third kappa shape index (κ3) is 4.08. The van der Waals surface area contributed by atoms with Crippen molar-refractivity contribution in [2.45, 2.75) is 71.3 Å². The van der Waals surface area contributed by atoms with E-state index in [1.165, 1.54) is 38.5 Å². The average molecular weight is 296 g/mol. The third-order valence-electron chi connectivity index (χ3n) is 4.28. The predicted molar refractivity (Wildman–Crippen MR) is 85.3 cm³/mol. The Morgan fingerprint density at radius 1 is 1.15 bits per heavy atom. The van der Waals surface area contributed by atoms with Crippen LogP contribution in [0, 0.1) is 5.92 Å². The van der Waals surface area contributed by atoms with E-state index in [1.807, 2.05) is 0 Å². The lowest BCUT2D eigenvalue weighted by molar-refractivity contribution is 0.318. The van der Waals surface area contributed by atoms with Crippen LogP contribution in [0.4, 0.5) is 5.82 Å². The highest BCUT2D eigenvalue weighted by atomic mass is 35.5. The summed E-state index contributed by atoms with van der Waals surface area (Å²) in [6.45, 7) is 4.44. The molecule has 1 aliphatic carbocycles. The summed E-state index contributed by atoms with van der Waals surface area (Å²) >= 11 is 6.20. The van der Waals surface area contributed by atoms with Crippen molar-refractivity contribution in [1.29, 1.82) is 0 Å². The molecule has 2 rings (SSSR count). The lowest BCUT2D eigenvalue weighted by Crippen LogP contribution is -2.27. The fourth-order valence-corrected chi connectivity index (χ4v) is 3.41. The highest BCUT2D eigenvalue weighted by molar-refractivity contribution is 6.30. The van der Waals surface area contributed by atoms with Crippen LogP contribution in [0.1, 0.15) is 64.4 Å². The fraction of sp³-hybridized carbons (Fsp3) is 0.750. The van der Waals surface area contributed by atoms with E-state index in [2.05, 4.69) is 29.1 Å². The summed E-state index contributed by atoms with van der Waals surface area (Å²) in [5, 5.41) is 4.20. The molecule has 112 valence electrons. The highest BCUT2D eigenvalue weighted by Gasteiger charge is 2.21. The zero-order valence-corrected chi connectivity index (χ0v) is 13.4. The van der Waals surface area contributed by atoms with E-state index in [0.29, 0.717) is 11.2 Å². The first-order valence-corrected chi connectivity index (χ1v) is 8.38. The van der Waals surface area contributed by atoms with Crippen LogP contribution in [0.5, 0.6) is 0 Å². The topological polar surface area (TPSA) is 37.8 Å². The molecule has 1 aromatic heterocycles. The van der Waals surface area contributed by atoms with E-state index in [1.54, 1.807) is 6.33 Å². The summed E-state index contributed by atoms with van der Waals surface area (Å²) in [6, 6.07) is 0.546. The number of halogens is 1. The summed E-state index contributed by atoms with van der Waals surface area (Å²) < 4.78 is 0. The third-order valence-corrected chi connectivity index (χ3v) is 4.60. The Morgan fingerprint density at radius 3 is 2.55 bits per heavy atom. The van der Waals surface area contributed by atoms with Crippen LogP contribution >= 0.6 is 11.6 Å². The highest BCUT2D eigenvalue weighted by Crippen LogP contribution is 2.30. The SMILES string of the molecule is CCCc1c(Cl)ncnc1NC1CCC(CCC)CC1. The minimum Gasteiger partial charge on any atom is -0.367 e. The summed E-state index contributed by atoms with van der Waals surface area (Å²) in [5.41, 5.74) is 1.08. The zero-order valence-electron chi connectivity index (χ0n) is 12.7. The van der Waals surface area contributed by atoms with Gasteiger partial charge in [0.15, 0.2) is 0 Å². The van der Waals surface area contributed by atoms with Gasteiger partial charge in [0.25, 0.3) is 0 Å². The Bertz CT molecular complexity index is 414. The molecule has 0 atom stereocenters. The molecule has 0 aliphatic heterocycles. The maximum absolute atomic E-state index is 6.20. The molecule has 1 heterocycles. The monoisotopic (exact) mass is 295 g/mol. The molecule has 3 nitrogen and oxygen atoms in total. The average Bonchev–Trinajstić information content (AvgIpc) is 2.45. The number of nitrogens with zero attached hydrogens (tertiary/aromatic N) is 2. The molecule has 0 spiro atoms. The number of aromatic nitrogens is 2. The van der Waals surface area contributed by atoms with Gasteiger partial charge in [-0.2, -0.15) is 0 Å². The quantitative estimate of drug-likeness (QED) is 0.762. The first-order valence-electron chi connectivity index (χ1n) is 8.00. The van der Waals surface area contributed by atoms with Crippen LogP contribution in [0.2, 0.25) is 5.15 Å². The second kappa shape index (κ2) is 7.82. The molecule has 1 saturated carbocycles. The number of hydrogen-bond donors (Lipinski definition) is 1. The van der Waals surface area contributed by atoms with Crippen molar-refractivity contribution in [3.05, 3.63) is 17.0 Å². The Labute approximate surface area is 127 Å². The molecule has 0 amide bonds. The van der Waals surface area contributed by atoms with E-state index in [0.717, 1.165) is 30.1 Å². The van der Waals surface area contributed by atoms with Gasteiger partial charge in [-0.25, -0.2) is 9.97 Å². The van der Waals surface area contributed by atoms with Gasteiger partial charge in [0, 0.05) is 11.6 Å². The fourth-order valence-electron chi connectivity index (χ4n) is 3.18. The Kier molecular flexibility index (Phi) is 6.08. The number of anilines is 1. The molecule has 1 fully saturated rings. The second-order valence-electron chi connectivity index (χ2n) is 5.89. The molecule has 0 radical (unpaired) electrons. The van der Waals surface area contributed by atoms with E-state index in [-0.39, 0.29) is 0 Å². The molecule has 1 aliphatic rings. The number of nitrogens with one attached hydrogen (secondary N) is 1. The first kappa shape index (κ1) is 15.6. The number of hydrogen-bond acceptors (Lipinski definition) is 3. The van der Waals surface area contributed by atoms with Crippen LogP contribution in [0.15, 0.2) is 6.33 Å². The van der Waals surface area contributed by atoms with Gasteiger partial charge in [-0.15, -0.1) is 0 Å². The minimum absolute atomic E-state index is 0.546. The van der Waals surface area contributed by atoms with Gasteiger partial charge in [-0.3, -0.25) is 0 Å². The van der Waals surface area contributed by atoms with E-state index < -0.39 is 0 Å². The van der Waals surface area contributed by atoms with E-state index >= 15 is 0 Å². The van der Waals surface area contributed by atoms with Crippen LogP contribution in [0.25, 0.3) is 0 Å². The smallest absolute Gasteiger partial charge is 0.137 e. The summed E-state index contributed by atoms with van der Waals surface area (Å²) in [6.07, 6.45) is 11.4. The molecule has 0 bridgehead atoms. The molecule has 1 N–H and O–H groups in total. The van der Waals surface area contributed by atoms with Crippen molar-refractivity contribution >= 4 is 17.4 Å². The summed E-state index contributed by atoms with van der Waals surface area (Å²) in [7, 11) is 0. The Balaban J connectivity index is 1.95. The van der Waals surface area contributed by atoms with Gasteiger partial charge >= 0.3 is 0 Å². The molecule has 0 unspecified atom stereocenters. The predicted octanol–water partition coefficient (Wildman–Crippen LogP) is 4.85. The number of rotatable bonds is 6. The van der Waals surface area contributed by atoms with Gasteiger partial charge in [-0.05, 0) is 38.0 Å². The molecular formula is C16H26ClN3. The van der Waals surface area contributed by atoms with Crippen molar-refractivity contribution in [2.24, 2.45) is 5.92 Å². The lowest BCUT2D eigenvalue weighted by atomic mass is 9.83. The molecule has 20 heavy (non-hydrogen) atoms. The zero-order chi connectivity index (χ0) is 14.4. The van der Waals surface area contributed by atoms with E-state index in [4.69, 9.17) is 11.6 Å². The van der Waals surface area contributed by atoms with Gasteiger partial charge in [0.2, 0.25) is 0 Å². The van der Waals surface area contributed by atoms with Gasteiger partial charge in [0.1, 0.15) is 17.3 Å². The van der Waals surface area contributed by atoms with Gasteiger partial charge in [0.05, 0.1) is 0 Å². The molecule has 4 heteroatoms.